The van der Waals surface area contributed by atoms with Crippen LogP contribution in [0.5, 0.6) is 5.88 Å². The number of hydrogen-bond acceptors (Lipinski definition) is 5. The largest absolute Gasteiger partial charge is 0.472 e. The Labute approximate surface area is 181 Å². The van der Waals surface area contributed by atoms with Crippen molar-refractivity contribution in [3.05, 3.63) is 74.9 Å². The van der Waals surface area contributed by atoms with Crippen LogP contribution in [0.1, 0.15) is 38.3 Å². The SMILES string of the molecule is Cc1cc(C(=O)c2c(C)nn(C)c2OCc2ccccc2)c(Cl)c(C)c1S(C)(=O)=O. The van der Waals surface area contributed by atoms with Gasteiger partial charge in [-0.1, -0.05) is 41.9 Å². The fourth-order valence-electron chi connectivity index (χ4n) is 3.60. The lowest BCUT2D eigenvalue weighted by Crippen LogP contribution is -2.11. The van der Waals surface area contributed by atoms with Crippen molar-refractivity contribution in [3.63, 3.8) is 0 Å². The summed E-state index contributed by atoms with van der Waals surface area (Å²) >= 11 is 6.45. The van der Waals surface area contributed by atoms with Gasteiger partial charge in [0.1, 0.15) is 12.2 Å². The van der Waals surface area contributed by atoms with Gasteiger partial charge in [-0.05, 0) is 43.5 Å². The third kappa shape index (κ3) is 4.13. The average Bonchev–Trinajstić information content (AvgIpc) is 2.95. The summed E-state index contributed by atoms with van der Waals surface area (Å²) in [5, 5.41) is 4.45. The lowest BCUT2D eigenvalue weighted by Gasteiger charge is -2.14. The third-order valence-corrected chi connectivity index (χ3v) is 6.71. The Hall–Kier alpha value is -2.64. The summed E-state index contributed by atoms with van der Waals surface area (Å²) in [5.41, 5.74) is 2.81. The van der Waals surface area contributed by atoms with Crippen LogP contribution in [0.25, 0.3) is 0 Å². The summed E-state index contributed by atoms with van der Waals surface area (Å²) in [6.07, 6.45) is 1.13. The molecule has 1 heterocycles. The monoisotopic (exact) mass is 446 g/mol. The van der Waals surface area contributed by atoms with Gasteiger partial charge < -0.3 is 4.74 Å². The van der Waals surface area contributed by atoms with Crippen LogP contribution in [0.3, 0.4) is 0 Å². The van der Waals surface area contributed by atoms with Gasteiger partial charge in [-0.3, -0.25) is 4.79 Å². The van der Waals surface area contributed by atoms with E-state index in [1.165, 1.54) is 10.7 Å². The number of aromatic nitrogens is 2. The first-order valence-corrected chi connectivity index (χ1v) is 11.5. The smallest absolute Gasteiger partial charge is 0.223 e. The number of aryl methyl sites for hydroxylation is 3. The molecule has 0 saturated carbocycles. The summed E-state index contributed by atoms with van der Waals surface area (Å²) < 4.78 is 31.7. The Morgan fingerprint density at radius 1 is 1.17 bits per heavy atom. The van der Waals surface area contributed by atoms with Crippen molar-refractivity contribution in [2.45, 2.75) is 32.3 Å². The van der Waals surface area contributed by atoms with Crippen LogP contribution in [0.2, 0.25) is 5.02 Å². The molecule has 0 radical (unpaired) electrons. The highest BCUT2D eigenvalue weighted by Gasteiger charge is 2.28. The molecule has 0 N–H and O–H groups in total. The molecule has 3 rings (SSSR count). The van der Waals surface area contributed by atoms with Gasteiger partial charge in [0.05, 0.1) is 15.6 Å². The maximum Gasteiger partial charge on any atom is 0.223 e. The van der Waals surface area contributed by atoms with Crippen molar-refractivity contribution in [1.82, 2.24) is 9.78 Å². The molecule has 8 heteroatoms. The predicted octanol–water partition coefficient (Wildman–Crippen LogP) is 4.21. The molecular formula is C22H23ClN2O4S. The predicted molar refractivity (Wildman–Crippen MR) is 116 cm³/mol. The first-order chi connectivity index (χ1) is 14.0. The van der Waals surface area contributed by atoms with Crippen LogP contribution >= 0.6 is 11.6 Å². The zero-order chi connectivity index (χ0) is 22.2. The summed E-state index contributed by atoms with van der Waals surface area (Å²) in [4.78, 5) is 13.6. The first-order valence-electron chi connectivity index (χ1n) is 9.27. The van der Waals surface area contributed by atoms with Crippen molar-refractivity contribution in [3.8, 4) is 5.88 Å². The molecular weight excluding hydrogens is 424 g/mol. The summed E-state index contributed by atoms with van der Waals surface area (Å²) in [6.45, 7) is 5.25. The third-order valence-electron chi connectivity index (χ3n) is 4.86. The Kier molecular flexibility index (Phi) is 6.06. The van der Waals surface area contributed by atoms with Gasteiger partial charge in [-0.25, -0.2) is 13.1 Å². The zero-order valence-electron chi connectivity index (χ0n) is 17.5. The van der Waals surface area contributed by atoms with Crippen molar-refractivity contribution in [2.24, 2.45) is 7.05 Å². The average molecular weight is 447 g/mol. The molecule has 2 aromatic carbocycles. The molecule has 0 amide bonds. The van der Waals surface area contributed by atoms with E-state index in [1.807, 2.05) is 30.3 Å². The number of ketones is 1. The quantitative estimate of drug-likeness (QED) is 0.530. The van der Waals surface area contributed by atoms with E-state index in [9.17, 15) is 13.2 Å². The molecule has 0 unspecified atom stereocenters. The van der Waals surface area contributed by atoms with E-state index >= 15 is 0 Å². The van der Waals surface area contributed by atoms with Gasteiger partial charge in [0.15, 0.2) is 9.84 Å². The van der Waals surface area contributed by atoms with Crippen LogP contribution in [0.4, 0.5) is 0 Å². The topological polar surface area (TPSA) is 78.3 Å². The molecule has 0 saturated heterocycles. The Morgan fingerprint density at radius 2 is 1.80 bits per heavy atom. The number of benzene rings is 2. The maximum absolute atomic E-state index is 13.4. The number of sulfone groups is 1. The Morgan fingerprint density at radius 3 is 2.40 bits per heavy atom. The molecule has 0 aliphatic rings. The second-order valence-corrected chi connectivity index (χ2v) is 9.60. The molecule has 158 valence electrons. The minimum Gasteiger partial charge on any atom is -0.472 e. The lowest BCUT2D eigenvalue weighted by atomic mass is 9.99. The number of carbonyl (C=O) groups excluding carboxylic acids is 1. The van der Waals surface area contributed by atoms with Crippen molar-refractivity contribution < 1.29 is 17.9 Å². The van der Waals surface area contributed by atoms with Crippen LogP contribution in [0.15, 0.2) is 41.3 Å². The van der Waals surface area contributed by atoms with Crippen molar-refractivity contribution in [1.29, 1.82) is 0 Å². The number of halogens is 1. The number of ether oxygens (including phenoxy) is 1. The van der Waals surface area contributed by atoms with Crippen molar-refractivity contribution >= 4 is 27.2 Å². The molecule has 0 atom stereocenters. The minimum atomic E-state index is -3.48. The summed E-state index contributed by atoms with van der Waals surface area (Å²) in [7, 11) is -1.78. The zero-order valence-corrected chi connectivity index (χ0v) is 19.1. The highest BCUT2D eigenvalue weighted by atomic mass is 35.5. The second kappa shape index (κ2) is 8.24. The number of nitrogens with zero attached hydrogens (tertiary/aromatic N) is 2. The molecule has 0 aliphatic heterocycles. The Balaban J connectivity index is 2.06. The Bertz CT molecular complexity index is 1230. The van der Waals surface area contributed by atoms with E-state index < -0.39 is 9.84 Å². The second-order valence-electron chi connectivity index (χ2n) is 7.27. The fraction of sp³-hybridized carbons (Fsp3) is 0.273. The van der Waals surface area contributed by atoms with E-state index in [-0.39, 0.29) is 27.9 Å². The van der Waals surface area contributed by atoms with Gasteiger partial charge in [0.25, 0.3) is 0 Å². The normalized spacial score (nSPS) is 11.5. The van der Waals surface area contributed by atoms with Crippen molar-refractivity contribution in [2.75, 3.05) is 6.26 Å². The fourth-order valence-corrected chi connectivity index (χ4v) is 5.20. The van der Waals surface area contributed by atoms with Gasteiger partial charge in [-0.2, -0.15) is 5.10 Å². The van der Waals surface area contributed by atoms with Crippen LogP contribution in [-0.4, -0.2) is 30.2 Å². The summed E-state index contributed by atoms with van der Waals surface area (Å²) in [5.74, 6) is -0.0279. The van der Waals surface area contributed by atoms with Gasteiger partial charge >= 0.3 is 0 Å². The molecule has 1 aromatic heterocycles. The molecule has 6 nitrogen and oxygen atoms in total. The standard InChI is InChI=1S/C22H23ClN2O4S/c1-13-11-17(19(23)14(2)21(13)30(5,27)28)20(26)18-15(3)24-25(4)22(18)29-12-16-9-7-6-8-10-16/h6-11H,12H2,1-5H3. The number of hydrogen-bond donors (Lipinski definition) is 0. The van der Waals surface area contributed by atoms with Gasteiger partial charge in [-0.15, -0.1) is 0 Å². The highest BCUT2D eigenvalue weighted by molar-refractivity contribution is 7.90. The van der Waals surface area contributed by atoms with Crippen LogP contribution in [-0.2, 0) is 23.5 Å². The van der Waals surface area contributed by atoms with Crippen LogP contribution < -0.4 is 4.74 Å². The minimum absolute atomic E-state index is 0.114. The lowest BCUT2D eigenvalue weighted by molar-refractivity contribution is 0.103. The molecule has 0 aliphatic carbocycles. The molecule has 3 aromatic rings. The number of carbonyl (C=O) groups is 1. The first kappa shape index (κ1) is 22.1. The molecule has 30 heavy (non-hydrogen) atoms. The van der Waals surface area contributed by atoms with E-state index in [2.05, 4.69) is 5.10 Å². The summed E-state index contributed by atoms with van der Waals surface area (Å²) in [6, 6.07) is 11.1. The maximum atomic E-state index is 13.4. The van der Waals surface area contributed by atoms with E-state index in [4.69, 9.17) is 16.3 Å². The van der Waals surface area contributed by atoms with E-state index in [0.29, 0.717) is 28.3 Å². The van der Waals surface area contributed by atoms with Crippen LogP contribution in [0, 0.1) is 20.8 Å². The van der Waals surface area contributed by atoms with E-state index in [1.54, 1.807) is 27.8 Å². The van der Waals surface area contributed by atoms with E-state index in [0.717, 1.165) is 11.8 Å². The van der Waals surface area contributed by atoms with Gasteiger partial charge in [0.2, 0.25) is 11.7 Å². The van der Waals surface area contributed by atoms with Gasteiger partial charge in [0, 0.05) is 18.9 Å². The number of rotatable bonds is 6. The molecule has 0 spiro atoms. The molecule has 0 fully saturated rings. The molecule has 0 bridgehead atoms. The highest BCUT2D eigenvalue weighted by Crippen LogP contribution is 2.34.